The van der Waals surface area contributed by atoms with E-state index in [1.165, 1.54) is 5.56 Å². The first kappa shape index (κ1) is 13.9. The number of H-pyrrole nitrogens is 1. The molecule has 1 atom stereocenters. The molecule has 0 fully saturated rings. The molecule has 0 saturated heterocycles. The fraction of sp³-hybridized carbons (Fsp3) is 0.111. The van der Waals surface area contributed by atoms with Crippen LogP contribution in [0.1, 0.15) is 22.8 Å². The predicted molar refractivity (Wildman–Crippen MR) is 86.5 cm³/mol. The molecule has 1 aromatic heterocycles. The van der Waals surface area contributed by atoms with Crippen LogP contribution >= 0.6 is 11.6 Å². The van der Waals surface area contributed by atoms with Gasteiger partial charge < -0.3 is 10.1 Å². The van der Waals surface area contributed by atoms with Gasteiger partial charge in [-0.05, 0) is 18.6 Å². The molecule has 0 amide bonds. The summed E-state index contributed by atoms with van der Waals surface area (Å²) in [5.41, 5.74) is 4.71. The molecule has 2 N–H and O–H groups in total. The highest BCUT2D eigenvalue weighted by Gasteiger charge is 2.17. The molecule has 106 valence electrons. The predicted octanol–water partition coefficient (Wildman–Crippen LogP) is 4.73. The van der Waals surface area contributed by atoms with E-state index in [9.17, 15) is 5.11 Å². The zero-order chi connectivity index (χ0) is 14.8. The van der Waals surface area contributed by atoms with Crippen molar-refractivity contribution >= 4 is 11.6 Å². The number of halogens is 1. The Balaban J connectivity index is 2.03. The molecule has 3 aromatic rings. The number of hydrogen-bond donors (Lipinski definition) is 2. The molecular weight excluding hydrogens is 282 g/mol. The molecule has 0 aliphatic rings. The van der Waals surface area contributed by atoms with Gasteiger partial charge in [0.05, 0.1) is 0 Å². The molecule has 1 heterocycles. The third-order valence-electron chi connectivity index (χ3n) is 3.63. The van der Waals surface area contributed by atoms with Crippen molar-refractivity contribution in [2.45, 2.75) is 13.0 Å². The summed E-state index contributed by atoms with van der Waals surface area (Å²) in [6.45, 7) is 2.03. The van der Waals surface area contributed by atoms with Crippen LogP contribution in [0.25, 0.3) is 11.1 Å². The average Bonchev–Trinajstić information content (AvgIpc) is 2.97. The van der Waals surface area contributed by atoms with Gasteiger partial charge in [-0.3, -0.25) is 0 Å². The van der Waals surface area contributed by atoms with Gasteiger partial charge in [0.1, 0.15) is 6.10 Å². The Hall–Kier alpha value is -2.03. The molecule has 0 spiro atoms. The second-order valence-electron chi connectivity index (χ2n) is 5.12. The minimum Gasteiger partial charge on any atom is -0.384 e. The van der Waals surface area contributed by atoms with Gasteiger partial charge in [-0.1, -0.05) is 59.6 Å². The third kappa shape index (κ3) is 2.73. The molecule has 2 nitrogen and oxygen atoms in total. The number of rotatable bonds is 3. The van der Waals surface area contributed by atoms with Crippen LogP contribution in [0.2, 0.25) is 5.02 Å². The van der Waals surface area contributed by atoms with Gasteiger partial charge in [0.2, 0.25) is 0 Å². The lowest BCUT2D eigenvalue weighted by atomic mass is 9.96. The fourth-order valence-corrected chi connectivity index (χ4v) is 2.68. The minimum absolute atomic E-state index is 0.675. The molecule has 0 aliphatic carbocycles. The molecule has 3 rings (SSSR count). The Labute approximate surface area is 129 Å². The van der Waals surface area contributed by atoms with Crippen LogP contribution in [-0.4, -0.2) is 10.1 Å². The van der Waals surface area contributed by atoms with E-state index >= 15 is 0 Å². The van der Waals surface area contributed by atoms with Gasteiger partial charge in [-0.15, -0.1) is 0 Å². The van der Waals surface area contributed by atoms with E-state index in [2.05, 4.69) is 4.98 Å². The van der Waals surface area contributed by atoms with Crippen molar-refractivity contribution in [3.05, 3.63) is 82.6 Å². The van der Waals surface area contributed by atoms with Gasteiger partial charge in [0.15, 0.2) is 0 Å². The van der Waals surface area contributed by atoms with E-state index in [1.807, 2.05) is 67.8 Å². The van der Waals surface area contributed by atoms with Gasteiger partial charge >= 0.3 is 0 Å². The average molecular weight is 298 g/mol. The van der Waals surface area contributed by atoms with Crippen LogP contribution in [0.4, 0.5) is 0 Å². The monoisotopic (exact) mass is 297 g/mol. The van der Waals surface area contributed by atoms with Crippen LogP contribution < -0.4 is 0 Å². The highest BCUT2D eigenvalue weighted by molar-refractivity contribution is 6.33. The number of aryl methyl sites for hydroxylation is 1. The quantitative estimate of drug-likeness (QED) is 0.720. The topological polar surface area (TPSA) is 36.0 Å². The number of benzene rings is 2. The number of aliphatic hydroxyl groups excluding tert-OH is 1. The number of nitrogens with one attached hydrogen (secondary N) is 1. The molecule has 0 aliphatic heterocycles. The number of hydrogen-bond acceptors (Lipinski definition) is 1. The summed E-state index contributed by atoms with van der Waals surface area (Å²) in [5, 5.41) is 11.3. The maximum atomic E-state index is 10.6. The lowest BCUT2D eigenvalue weighted by molar-refractivity contribution is 0.221. The fourth-order valence-electron chi connectivity index (χ4n) is 2.44. The van der Waals surface area contributed by atoms with Gasteiger partial charge in [0.25, 0.3) is 0 Å². The number of aromatic nitrogens is 1. The van der Waals surface area contributed by atoms with Crippen LogP contribution in [-0.2, 0) is 0 Å². The molecule has 1 unspecified atom stereocenters. The van der Waals surface area contributed by atoms with Crippen molar-refractivity contribution in [2.24, 2.45) is 0 Å². The van der Waals surface area contributed by atoms with Crippen LogP contribution in [0.15, 0.2) is 60.9 Å². The lowest BCUT2D eigenvalue weighted by Gasteiger charge is -2.13. The summed E-state index contributed by atoms with van der Waals surface area (Å²) < 4.78 is 0. The van der Waals surface area contributed by atoms with Crippen molar-refractivity contribution in [1.29, 1.82) is 0 Å². The van der Waals surface area contributed by atoms with E-state index in [0.717, 1.165) is 22.3 Å². The Morgan fingerprint density at radius 3 is 2.38 bits per heavy atom. The first-order valence-corrected chi connectivity index (χ1v) is 7.21. The van der Waals surface area contributed by atoms with Gasteiger partial charge in [-0.25, -0.2) is 0 Å². The molecule has 0 bridgehead atoms. The maximum absolute atomic E-state index is 10.6. The molecule has 0 saturated carbocycles. The minimum atomic E-state index is -0.678. The van der Waals surface area contributed by atoms with Crippen LogP contribution in [0.5, 0.6) is 0 Å². The highest BCUT2D eigenvalue weighted by Crippen LogP contribution is 2.35. The Kier molecular flexibility index (Phi) is 3.82. The van der Waals surface area contributed by atoms with Crippen molar-refractivity contribution in [2.75, 3.05) is 0 Å². The standard InChI is InChI=1S/C18H16ClNO/c1-12-6-8-13(9-7-12)18(21)16-11-20-10-15(16)14-4-2-3-5-17(14)19/h2-11,18,20-21H,1H3. The smallest absolute Gasteiger partial charge is 0.106 e. The Morgan fingerprint density at radius 2 is 1.67 bits per heavy atom. The molecule has 2 aromatic carbocycles. The van der Waals surface area contributed by atoms with Crippen molar-refractivity contribution in [3.63, 3.8) is 0 Å². The summed E-state index contributed by atoms with van der Waals surface area (Å²) in [7, 11) is 0. The molecular formula is C18H16ClNO. The van der Waals surface area contributed by atoms with E-state index in [-0.39, 0.29) is 0 Å². The summed E-state index contributed by atoms with van der Waals surface area (Å²) in [4.78, 5) is 3.07. The molecule has 0 radical (unpaired) electrons. The normalized spacial score (nSPS) is 12.3. The van der Waals surface area contributed by atoms with Gasteiger partial charge in [-0.2, -0.15) is 0 Å². The second kappa shape index (κ2) is 5.76. The SMILES string of the molecule is Cc1ccc(C(O)c2c[nH]cc2-c2ccccc2Cl)cc1. The highest BCUT2D eigenvalue weighted by atomic mass is 35.5. The summed E-state index contributed by atoms with van der Waals surface area (Å²) in [6.07, 6.45) is 3.01. The van der Waals surface area contributed by atoms with E-state index in [4.69, 9.17) is 11.6 Å². The Morgan fingerprint density at radius 1 is 0.952 bits per heavy atom. The van der Waals surface area contributed by atoms with E-state index < -0.39 is 6.10 Å². The largest absolute Gasteiger partial charge is 0.384 e. The lowest BCUT2D eigenvalue weighted by Crippen LogP contribution is -2.00. The van der Waals surface area contributed by atoms with Crippen LogP contribution in [0, 0.1) is 6.92 Å². The first-order valence-electron chi connectivity index (χ1n) is 6.83. The van der Waals surface area contributed by atoms with Crippen molar-refractivity contribution < 1.29 is 5.11 Å². The first-order chi connectivity index (χ1) is 10.2. The maximum Gasteiger partial charge on any atom is 0.106 e. The second-order valence-corrected chi connectivity index (χ2v) is 5.52. The van der Waals surface area contributed by atoms with Crippen molar-refractivity contribution in [3.8, 4) is 11.1 Å². The van der Waals surface area contributed by atoms with Gasteiger partial charge in [0, 0.05) is 34.1 Å². The molecule has 3 heteroatoms. The molecule has 21 heavy (non-hydrogen) atoms. The Bertz CT molecular complexity index is 746. The van der Waals surface area contributed by atoms with E-state index in [0.29, 0.717) is 5.02 Å². The summed E-state index contributed by atoms with van der Waals surface area (Å²) >= 11 is 6.26. The van der Waals surface area contributed by atoms with Crippen LogP contribution in [0.3, 0.4) is 0 Å². The zero-order valence-electron chi connectivity index (χ0n) is 11.7. The summed E-state index contributed by atoms with van der Waals surface area (Å²) in [5.74, 6) is 0. The summed E-state index contributed by atoms with van der Waals surface area (Å²) in [6, 6.07) is 15.5. The zero-order valence-corrected chi connectivity index (χ0v) is 12.4. The van der Waals surface area contributed by atoms with E-state index in [1.54, 1.807) is 0 Å². The number of aliphatic hydroxyl groups is 1. The number of aromatic amines is 1. The third-order valence-corrected chi connectivity index (χ3v) is 3.96. The van der Waals surface area contributed by atoms with Crippen molar-refractivity contribution in [1.82, 2.24) is 4.98 Å².